The lowest BCUT2D eigenvalue weighted by Gasteiger charge is -2.26. The maximum absolute atomic E-state index is 3.84. The van der Waals surface area contributed by atoms with Crippen molar-refractivity contribution in [1.29, 1.82) is 0 Å². The molecule has 2 aliphatic rings. The fourth-order valence-electron chi connectivity index (χ4n) is 3.64. The quantitative estimate of drug-likeness (QED) is 0.470. The zero-order valence-corrected chi connectivity index (χ0v) is 13.6. The first kappa shape index (κ1) is 15.7. The summed E-state index contributed by atoms with van der Waals surface area (Å²) in [6.07, 6.45) is 13.8. The molecule has 0 aromatic heterocycles. The van der Waals surface area contributed by atoms with Gasteiger partial charge in [0.1, 0.15) is 0 Å². The van der Waals surface area contributed by atoms with Crippen LogP contribution in [0.5, 0.6) is 0 Å². The van der Waals surface area contributed by atoms with Crippen molar-refractivity contribution in [3.05, 3.63) is 0 Å². The number of nitrogens with one attached hydrogen (secondary N) is 2. The van der Waals surface area contributed by atoms with Crippen molar-refractivity contribution in [2.24, 2.45) is 0 Å². The van der Waals surface area contributed by atoms with E-state index in [1.54, 1.807) is 0 Å². The zero-order chi connectivity index (χ0) is 14.2. The maximum Gasteiger partial charge on any atom is 0.346 e. The first-order valence-corrected chi connectivity index (χ1v) is 8.98. The largest absolute Gasteiger partial charge is 0.346 e. The maximum atomic E-state index is 3.84. The monoisotopic (exact) mass is 280 g/mol. The van der Waals surface area contributed by atoms with Crippen LogP contribution in [-0.4, -0.2) is 35.7 Å². The lowest BCUT2D eigenvalue weighted by molar-refractivity contribution is -0.525. The van der Waals surface area contributed by atoms with Crippen LogP contribution in [0.2, 0.25) is 0 Å². The van der Waals surface area contributed by atoms with Gasteiger partial charge in [0.2, 0.25) is 0 Å². The molecule has 0 aromatic carbocycles. The molecule has 0 bridgehead atoms. The van der Waals surface area contributed by atoms with Crippen molar-refractivity contribution in [3.63, 3.8) is 0 Å². The van der Waals surface area contributed by atoms with Gasteiger partial charge in [0.25, 0.3) is 0 Å². The topological polar surface area (TPSA) is 27.1 Å². The summed E-state index contributed by atoms with van der Waals surface area (Å²) in [5.41, 5.74) is 0. The van der Waals surface area contributed by atoms with Gasteiger partial charge in [-0.3, -0.25) is 15.2 Å². The zero-order valence-electron chi connectivity index (χ0n) is 13.6. The van der Waals surface area contributed by atoms with E-state index < -0.39 is 0 Å². The summed E-state index contributed by atoms with van der Waals surface area (Å²) in [5.74, 6) is 1.31. The van der Waals surface area contributed by atoms with Crippen LogP contribution in [0.15, 0.2) is 0 Å². The predicted molar refractivity (Wildman–Crippen MR) is 86.4 cm³/mol. The number of guanidine groups is 1. The Balaban J connectivity index is 1.97. The third-order valence-electron chi connectivity index (χ3n) is 4.97. The van der Waals surface area contributed by atoms with E-state index in [-0.39, 0.29) is 0 Å². The summed E-state index contributed by atoms with van der Waals surface area (Å²) in [7, 11) is 0. The lowest BCUT2D eigenvalue weighted by Crippen LogP contribution is -2.53. The summed E-state index contributed by atoms with van der Waals surface area (Å²) >= 11 is 0. The van der Waals surface area contributed by atoms with Gasteiger partial charge in [-0.05, 0) is 39.5 Å². The molecule has 2 fully saturated rings. The molecule has 116 valence electrons. The highest BCUT2D eigenvalue weighted by atomic mass is 15.3. The van der Waals surface area contributed by atoms with E-state index in [0.717, 1.165) is 13.1 Å². The van der Waals surface area contributed by atoms with E-state index in [1.165, 1.54) is 70.2 Å². The molecule has 0 unspecified atom stereocenters. The van der Waals surface area contributed by atoms with E-state index in [4.69, 9.17) is 0 Å². The average molecular weight is 280 g/mol. The molecule has 3 heteroatoms. The molecule has 2 aliphatic carbocycles. The molecule has 0 aliphatic heterocycles. The van der Waals surface area contributed by atoms with Gasteiger partial charge in [-0.25, -0.2) is 0 Å². The fourth-order valence-corrected chi connectivity index (χ4v) is 3.64. The molecular formula is C17H34N3+. The number of nitrogens with zero attached hydrogens (tertiary/aromatic N) is 1. The highest BCUT2D eigenvalue weighted by molar-refractivity contribution is 5.75. The molecule has 0 radical (unpaired) electrons. The van der Waals surface area contributed by atoms with Crippen molar-refractivity contribution < 1.29 is 4.58 Å². The van der Waals surface area contributed by atoms with E-state index in [1.807, 2.05) is 0 Å². The number of hydrogen-bond acceptors (Lipinski definition) is 0. The molecule has 20 heavy (non-hydrogen) atoms. The van der Waals surface area contributed by atoms with E-state index in [9.17, 15) is 0 Å². The molecule has 0 aromatic rings. The molecule has 2 rings (SSSR count). The molecule has 0 saturated heterocycles. The third kappa shape index (κ3) is 4.68. The molecule has 2 saturated carbocycles. The Hall–Kier alpha value is -0.730. The van der Waals surface area contributed by atoms with Crippen molar-refractivity contribution in [1.82, 2.24) is 10.6 Å². The molecule has 3 nitrogen and oxygen atoms in total. The van der Waals surface area contributed by atoms with E-state index in [0.29, 0.717) is 12.1 Å². The minimum atomic E-state index is 0.690. The average Bonchev–Trinajstić information content (AvgIpc) is 2.50. The van der Waals surface area contributed by atoms with Crippen molar-refractivity contribution in [3.8, 4) is 0 Å². The normalized spacial score (nSPS) is 21.5. The summed E-state index contributed by atoms with van der Waals surface area (Å²) < 4.78 is 2.46. The Morgan fingerprint density at radius 1 is 0.750 bits per heavy atom. The summed E-state index contributed by atoms with van der Waals surface area (Å²) in [5, 5.41) is 7.67. The van der Waals surface area contributed by atoms with Crippen LogP contribution in [0.4, 0.5) is 0 Å². The SMILES string of the molecule is CC[N+](CC)=C(NC1CCCCC1)NC1CCCCC1. The van der Waals surface area contributed by atoms with Crippen LogP contribution in [0.25, 0.3) is 0 Å². The van der Waals surface area contributed by atoms with Crippen LogP contribution in [0.3, 0.4) is 0 Å². The first-order chi connectivity index (χ1) is 9.83. The minimum Gasteiger partial charge on any atom is -0.275 e. The summed E-state index contributed by atoms with van der Waals surface area (Å²) in [6, 6.07) is 1.38. The second-order valence-corrected chi connectivity index (χ2v) is 6.48. The third-order valence-corrected chi connectivity index (χ3v) is 4.97. The Bertz CT molecular complexity index is 271. The van der Waals surface area contributed by atoms with Crippen LogP contribution < -0.4 is 10.6 Å². The van der Waals surface area contributed by atoms with Crippen molar-refractivity contribution in [2.45, 2.75) is 90.1 Å². The van der Waals surface area contributed by atoms with E-state index in [2.05, 4.69) is 29.1 Å². The van der Waals surface area contributed by atoms with Crippen LogP contribution in [0.1, 0.15) is 78.1 Å². The molecule has 2 N–H and O–H groups in total. The molecule has 0 heterocycles. The smallest absolute Gasteiger partial charge is 0.275 e. The number of hydrogen-bond donors (Lipinski definition) is 2. The lowest BCUT2D eigenvalue weighted by atomic mass is 9.95. The van der Waals surface area contributed by atoms with Crippen LogP contribution in [-0.2, 0) is 0 Å². The Morgan fingerprint density at radius 3 is 1.50 bits per heavy atom. The minimum absolute atomic E-state index is 0.690. The van der Waals surface area contributed by atoms with Gasteiger partial charge in [0, 0.05) is 0 Å². The number of rotatable bonds is 4. The first-order valence-electron chi connectivity index (χ1n) is 8.98. The van der Waals surface area contributed by atoms with Gasteiger partial charge < -0.3 is 0 Å². The van der Waals surface area contributed by atoms with Gasteiger partial charge >= 0.3 is 5.96 Å². The van der Waals surface area contributed by atoms with Gasteiger partial charge in [0.15, 0.2) is 0 Å². The van der Waals surface area contributed by atoms with Gasteiger partial charge in [-0.15, -0.1) is 0 Å². The second-order valence-electron chi connectivity index (χ2n) is 6.48. The van der Waals surface area contributed by atoms with Crippen molar-refractivity contribution in [2.75, 3.05) is 13.1 Å². The molecule has 0 atom stereocenters. The summed E-state index contributed by atoms with van der Waals surface area (Å²) in [6.45, 7) is 6.69. The van der Waals surface area contributed by atoms with Gasteiger partial charge in [-0.1, -0.05) is 38.5 Å². The second kappa shape index (κ2) is 8.53. The van der Waals surface area contributed by atoms with Crippen LogP contribution in [0, 0.1) is 0 Å². The Kier molecular flexibility index (Phi) is 6.68. The predicted octanol–water partition coefficient (Wildman–Crippen LogP) is 3.24. The van der Waals surface area contributed by atoms with Gasteiger partial charge in [-0.2, -0.15) is 0 Å². The summed E-state index contributed by atoms with van der Waals surface area (Å²) in [4.78, 5) is 0. The fraction of sp³-hybridized carbons (Fsp3) is 0.941. The molecular weight excluding hydrogens is 246 g/mol. The standard InChI is InChI=1S/C17H33N3/c1-3-20(4-2)17(18-15-11-7-5-8-12-15)19-16-13-9-6-10-14-16/h15-16H,3-14H2,1-2H3,(H,18,19)/p+1. The highest BCUT2D eigenvalue weighted by Gasteiger charge is 2.24. The van der Waals surface area contributed by atoms with E-state index >= 15 is 0 Å². The molecule has 0 amide bonds. The van der Waals surface area contributed by atoms with Crippen LogP contribution >= 0.6 is 0 Å². The van der Waals surface area contributed by atoms with Crippen molar-refractivity contribution >= 4 is 5.96 Å². The van der Waals surface area contributed by atoms with Gasteiger partial charge in [0.05, 0.1) is 25.2 Å². The highest BCUT2D eigenvalue weighted by Crippen LogP contribution is 2.19. The Morgan fingerprint density at radius 2 is 1.15 bits per heavy atom. The molecule has 0 spiro atoms. The Labute approximate surface area is 125 Å².